The Morgan fingerprint density at radius 1 is 1.60 bits per heavy atom. The van der Waals surface area contributed by atoms with E-state index in [0.717, 1.165) is 19.5 Å². The van der Waals surface area contributed by atoms with Crippen molar-refractivity contribution in [3.05, 3.63) is 11.1 Å². The fourth-order valence-corrected chi connectivity index (χ4v) is 1.26. The molecule has 2 nitrogen and oxygen atoms in total. The molecule has 0 bridgehead atoms. The third kappa shape index (κ3) is 1.58. The van der Waals surface area contributed by atoms with E-state index in [-0.39, 0.29) is 6.61 Å². The van der Waals surface area contributed by atoms with E-state index < -0.39 is 0 Å². The van der Waals surface area contributed by atoms with Gasteiger partial charge in [0.1, 0.15) is 0 Å². The van der Waals surface area contributed by atoms with Crippen LogP contribution >= 0.6 is 0 Å². The highest BCUT2D eigenvalue weighted by atomic mass is 16.3. The molecule has 0 aromatic heterocycles. The maximum absolute atomic E-state index is 8.89. The van der Waals surface area contributed by atoms with Crippen LogP contribution < -0.4 is 0 Å². The molecule has 1 aliphatic rings. The van der Waals surface area contributed by atoms with Crippen LogP contribution in [0.4, 0.5) is 0 Å². The lowest BCUT2D eigenvalue weighted by atomic mass is 10.0. The zero-order valence-electron chi connectivity index (χ0n) is 6.72. The number of hydrogen-bond acceptors (Lipinski definition) is 2. The van der Waals surface area contributed by atoms with E-state index in [9.17, 15) is 0 Å². The van der Waals surface area contributed by atoms with Crippen molar-refractivity contribution < 1.29 is 5.11 Å². The summed E-state index contributed by atoms with van der Waals surface area (Å²) in [5, 5.41) is 8.89. The molecule has 0 aromatic rings. The first-order valence-corrected chi connectivity index (χ1v) is 3.71. The van der Waals surface area contributed by atoms with E-state index in [1.54, 1.807) is 0 Å². The summed E-state index contributed by atoms with van der Waals surface area (Å²) >= 11 is 0. The highest BCUT2D eigenvalue weighted by Crippen LogP contribution is 2.14. The van der Waals surface area contributed by atoms with E-state index in [2.05, 4.69) is 18.9 Å². The molecule has 0 unspecified atom stereocenters. The average Bonchev–Trinajstić information content (AvgIpc) is 1.94. The Balaban J connectivity index is 2.62. The molecule has 0 spiro atoms. The summed E-state index contributed by atoms with van der Waals surface area (Å²) in [4.78, 5) is 2.23. The van der Waals surface area contributed by atoms with Crippen LogP contribution in [0.5, 0.6) is 0 Å². The third-order valence-electron chi connectivity index (χ3n) is 2.12. The van der Waals surface area contributed by atoms with Crippen LogP contribution in [0.2, 0.25) is 0 Å². The Labute approximate surface area is 62.2 Å². The van der Waals surface area contributed by atoms with Gasteiger partial charge >= 0.3 is 0 Å². The molecule has 0 fully saturated rings. The van der Waals surface area contributed by atoms with E-state index in [1.165, 1.54) is 11.1 Å². The minimum absolute atomic E-state index is 0.232. The van der Waals surface area contributed by atoms with Crippen LogP contribution in [0.1, 0.15) is 13.3 Å². The molecule has 1 rings (SSSR count). The molecule has 0 atom stereocenters. The highest BCUT2D eigenvalue weighted by molar-refractivity contribution is 5.17. The lowest BCUT2D eigenvalue weighted by molar-refractivity contribution is 0.284. The average molecular weight is 141 g/mol. The summed E-state index contributed by atoms with van der Waals surface area (Å²) < 4.78 is 0. The standard InChI is InChI=1S/C8H15NO/c1-7-3-4-9(2)5-8(7)6-10/h10H,3-6H2,1-2H3. The number of hydrogen-bond donors (Lipinski definition) is 1. The van der Waals surface area contributed by atoms with Gasteiger partial charge in [0.25, 0.3) is 0 Å². The monoisotopic (exact) mass is 141 g/mol. The van der Waals surface area contributed by atoms with E-state index in [1.807, 2.05) is 0 Å². The fourth-order valence-electron chi connectivity index (χ4n) is 1.26. The highest BCUT2D eigenvalue weighted by Gasteiger charge is 2.11. The zero-order chi connectivity index (χ0) is 7.56. The van der Waals surface area contributed by atoms with Gasteiger partial charge in [0, 0.05) is 13.1 Å². The number of likely N-dealkylation sites (N-methyl/N-ethyl adjacent to an activating group) is 1. The van der Waals surface area contributed by atoms with Gasteiger partial charge in [-0.15, -0.1) is 0 Å². The lowest BCUT2D eigenvalue weighted by Gasteiger charge is -2.25. The summed E-state index contributed by atoms with van der Waals surface area (Å²) in [5.74, 6) is 0. The van der Waals surface area contributed by atoms with E-state index in [0.29, 0.717) is 0 Å². The largest absolute Gasteiger partial charge is 0.392 e. The lowest BCUT2D eigenvalue weighted by Crippen LogP contribution is -2.28. The molecule has 0 radical (unpaired) electrons. The molecule has 58 valence electrons. The van der Waals surface area contributed by atoms with Crippen molar-refractivity contribution in [2.45, 2.75) is 13.3 Å². The summed E-state index contributed by atoms with van der Waals surface area (Å²) in [6, 6.07) is 0. The van der Waals surface area contributed by atoms with Crippen molar-refractivity contribution in [1.29, 1.82) is 0 Å². The molecule has 0 aromatic carbocycles. The normalized spacial score (nSPS) is 21.9. The SMILES string of the molecule is CC1=C(CO)CN(C)CC1. The Bertz CT molecular complexity index is 151. The van der Waals surface area contributed by atoms with Crippen molar-refractivity contribution >= 4 is 0 Å². The first kappa shape index (κ1) is 7.76. The van der Waals surface area contributed by atoms with Crippen molar-refractivity contribution in [3.8, 4) is 0 Å². The van der Waals surface area contributed by atoms with Crippen LogP contribution in [-0.4, -0.2) is 36.8 Å². The van der Waals surface area contributed by atoms with Gasteiger partial charge in [-0.3, -0.25) is 0 Å². The molecule has 0 amide bonds. The minimum Gasteiger partial charge on any atom is -0.392 e. The second kappa shape index (κ2) is 3.17. The van der Waals surface area contributed by atoms with Crippen molar-refractivity contribution in [3.63, 3.8) is 0 Å². The van der Waals surface area contributed by atoms with Gasteiger partial charge in [0.05, 0.1) is 6.61 Å². The zero-order valence-corrected chi connectivity index (χ0v) is 6.72. The van der Waals surface area contributed by atoms with E-state index >= 15 is 0 Å². The maximum Gasteiger partial charge on any atom is 0.0656 e. The smallest absolute Gasteiger partial charge is 0.0656 e. The molecule has 0 saturated carbocycles. The molecule has 0 saturated heterocycles. The quantitative estimate of drug-likeness (QED) is 0.541. The second-order valence-corrected chi connectivity index (χ2v) is 3.03. The van der Waals surface area contributed by atoms with Crippen LogP contribution in [0, 0.1) is 0 Å². The third-order valence-corrected chi connectivity index (χ3v) is 2.12. The molecule has 2 heteroatoms. The van der Waals surface area contributed by atoms with Gasteiger partial charge in [0.15, 0.2) is 0 Å². The van der Waals surface area contributed by atoms with Gasteiger partial charge < -0.3 is 10.0 Å². The first-order chi connectivity index (χ1) is 4.74. The van der Waals surface area contributed by atoms with E-state index in [4.69, 9.17) is 5.11 Å². The predicted molar refractivity (Wildman–Crippen MR) is 41.9 cm³/mol. The van der Waals surface area contributed by atoms with Gasteiger partial charge in [-0.05, 0) is 26.0 Å². The van der Waals surface area contributed by atoms with Gasteiger partial charge in [-0.2, -0.15) is 0 Å². The van der Waals surface area contributed by atoms with Crippen molar-refractivity contribution in [2.75, 3.05) is 26.7 Å². The molecular formula is C8H15NO. The van der Waals surface area contributed by atoms with Crippen LogP contribution in [-0.2, 0) is 0 Å². The predicted octanol–water partition coefficient (Wildman–Crippen LogP) is 0.631. The molecule has 0 aliphatic carbocycles. The Hall–Kier alpha value is -0.340. The number of aliphatic hydroxyl groups excluding tert-OH is 1. The topological polar surface area (TPSA) is 23.5 Å². The second-order valence-electron chi connectivity index (χ2n) is 3.03. The van der Waals surface area contributed by atoms with Crippen LogP contribution in [0.25, 0.3) is 0 Å². The number of nitrogens with zero attached hydrogens (tertiary/aromatic N) is 1. The van der Waals surface area contributed by atoms with Crippen molar-refractivity contribution in [2.24, 2.45) is 0 Å². The van der Waals surface area contributed by atoms with Gasteiger partial charge in [-0.1, -0.05) is 5.57 Å². The molecule has 1 N–H and O–H groups in total. The summed E-state index contributed by atoms with van der Waals surface area (Å²) in [6.07, 6.45) is 1.12. The Morgan fingerprint density at radius 2 is 2.30 bits per heavy atom. The van der Waals surface area contributed by atoms with Gasteiger partial charge in [0.2, 0.25) is 0 Å². The summed E-state index contributed by atoms with van der Waals surface area (Å²) in [5.41, 5.74) is 2.58. The first-order valence-electron chi connectivity index (χ1n) is 3.71. The summed E-state index contributed by atoms with van der Waals surface area (Å²) in [7, 11) is 2.09. The molecule has 10 heavy (non-hydrogen) atoms. The molecule has 1 heterocycles. The number of aliphatic hydroxyl groups is 1. The Morgan fingerprint density at radius 3 is 2.80 bits per heavy atom. The number of rotatable bonds is 1. The molecule has 1 aliphatic heterocycles. The molecular weight excluding hydrogens is 126 g/mol. The summed E-state index contributed by atoms with van der Waals surface area (Å²) in [6.45, 7) is 4.42. The Kier molecular flexibility index (Phi) is 2.46. The minimum atomic E-state index is 0.232. The van der Waals surface area contributed by atoms with Crippen LogP contribution in [0.3, 0.4) is 0 Å². The van der Waals surface area contributed by atoms with Crippen molar-refractivity contribution in [1.82, 2.24) is 4.90 Å². The van der Waals surface area contributed by atoms with Crippen LogP contribution in [0.15, 0.2) is 11.1 Å². The fraction of sp³-hybridized carbons (Fsp3) is 0.750. The van der Waals surface area contributed by atoms with Gasteiger partial charge in [-0.25, -0.2) is 0 Å². The maximum atomic E-state index is 8.89.